The smallest absolute Gasteiger partial charge is 0.0519 e. The van der Waals surface area contributed by atoms with Gasteiger partial charge in [-0.3, -0.25) is 4.98 Å². The van der Waals surface area contributed by atoms with Crippen LogP contribution in [0.15, 0.2) is 36.7 Å². The largest absolute Gasteiger partial charge is 0.344 e. The molecule has 2 aromatic heterocycles. The molecule has 1 aromatic carbocycles. The van der Waals surface area contributed by atoms with Crippen LogP contribution in [0.25, 0.3) is 21.8 Å². The van der Waals surface area contributed by atoms with Gasteiger partial charge in [0.25, 0.3) is 0 Å². The predicted molar refractivity (Wildman–Crippen MR) is 71.0 cm³/mol. The Labute approximate surface area is 99.9 Å². The molecule has 3 nitrogen and oxygen atoms in total. The fourth-order valence-electron chi connectivity index (χ4n) is 2.43. The topological polar surface area (TPSA) is 43.8 Å². The van der Waals surface area contributed by atoms with E-state index in [-0.39, 0.29) is 0 Å². The molecule has 86 valence electrons. The minimum Gasteiger partial charge on any atom is -0.344 e. The molecule has 0 radical (unpaired) electrons. The first kappa shape index (κ1) is 10.3. The van der Waals surface area contributed by atoms with E-state index in [1.165, 1.54) is 27.4 Å². The van der Waals surface area contributed by atoms with Gasteiger partial charge in [0.05, 0.1) is 5.52 Å². The molecule has 0 amide bonds. The molecular formula is C14H15N3. The van der Waals surface area contributed by atoms with Crippen molar-refractivity contribution in [2.24, 2.45) is 12.8 Å². The molecule has 0 aliphatic heterocycles. The molecule has 0 saturated carbocycles. The first-order valence-electron chi connectivity index (χ1n) is 5.82. The van der Waals surface area contributed by atoms with E-state index in [4.69, 9.17) is 5.73 Å². The summed E-state index contributed by atoms with van der Waals surface area (Å²) in [7, 11) is 2.09. The number of hydrogen-bond acceptors (Lipinski definition) is 2. The highest BCUT2D eigenvalue weighted by atomic mass is 14.9. The summed E-state index contributed by atoms with van der Waals surface area (Å²) in [4.78, 5) is 4.21. The lowest BCUT2D eigenvalue weighted by Gasteiger charge is -2.00. The van der Waals surface area contributed by atoms with Gasteiger partial charge in [-0.1, -0.05) is 6.07 Å². The number of nitrogens with zero attached hydrogens (tertiary/aromatic N) is 2. The molecule has 0 aliphatic carbocycles. The third kappa shape index (κ3) is 1.51. The van der Waals surface area contributed by atoms with Gasteiger partial charge in [0.1, 0.15) is 0 Å². The Morgan fingerprint density at radius 1 is 1.18 bits per heavy atom. The van der Waals surface area contributed by atoms with Crippen molar-refractivity contribution < 1.29 is 0 Å². The Kier molecular flexibility index (Phi) is 2.34. The maximum Gasteiger partial charge on any atom is 0.0519 e. The molecule has 0 fully saturated rings. The summed E-state index contributed by atoms with van der Waals surface area (Å²) in [6.45, 7) is 0.689. The molecule has 3 rings (SSSR count). The summed E-state index contributed by atoms with van der Waals surface area (Å²) in [6.07, 6.45) is 4.69. The summed E-state index contributed by atoms with van der Waals surface area (Å²) in [6, 6.07) is 8.60. The molecule has 0 unspecified atom stereocenters. The average molecular weight is 225 g/mol. The van der Waals surface area contributed by atoms with Crippen molar-refractivity contribution >= 4 is 21.8 Å². The van der Waals surface area contributed by atoms with Gasteiger partial charge < -0.3 is 10.3 Å². The lowest BCUT2D eigenvalue weighted by Crippen LogP contribution is -2.02. The highest BCUT2D eigenvalue weighted by molar-refractivity contribution is 6.07. The predicted octanol–water partition coefficient (Wildman–Crippen LogP) is 2.23. The summed E-state index contributed by atoms with van der Waals surface area (Å²) >= 11 is 0. The number of aromatic nitrogens is 2. The third-order valence-corrected chi connectivity index (χ3v) is 3.30. The Hall–Kier alpha value is -1.87. The quantitative estimate of drug-likeness (QED) is 0.726. The monoisotopic (exact) mass is 225 g/mol. The lowest BCUT2D eigenvalue weighted by molar-refractivity contribution is 0.968. The van der Waals surface area contributed by atoms with Gasteiger partial charge in [-0.15, -0.1) is 0 Å². The molecule has 0 saturated heterocycles. The number of hydrogen-bond donors (Lipinski definition) is 1. The van der Waals surface area contributed by atoms with Gasteiger partial charge in [0, 0.05) is 35.7 Å². The number of nitrogens with two attached hydrogens (primary N) is 1. The number of pyridine rings is 1. The molecule has 0 atom stereocenters. The summed E-state index contributed by atoms with van der Waals surface area (Å²) < 4.78 is 2.21. The Morgan fingerprint density at radius 3 is 2.82 bits per heavy atom. The molecule has 2 heterocycles. The molecule has 0 spiro atoms. The molecule has 17 heavy (non-hydrogen) atoms. The van der Waals surface area contributed by atoms with Crippen LogP contribution in [0, 0.1) is 0 Å². The van der Waals surface area contributed by atoms with E-state index in [1.807, 2.05) is 12.4 Å². The first-order chi connectivity index (χ1) is 8.31. The van der Waals surface area contributed by atoms with Crippen molar-refractivity contribution in [1.82, 2.24) is 9.55 Å². The highest BCUT2D eigenvalue weighted by Gasteiger charge is 2.07. The van der Waals surface area contributed by atoms with Gasteiger partial charge >= 0.3 is 0 Å². The van der Waals surface area contributed by atoms with Crippen molar-refractivity contribution in [3.05, 3.63) is 42.2 Å². The number of fused-ring (bicyclic) bond motifs is 3. The minimum absolute atomic E-state index is 0.689. The second kappa shape index (κ2) is 3.86. The second-order valence-corrected chi connectivity index (χ2v) is 4.34. The van der Waals surface area contributed by atoms with Crippen LogP contribution in [0.4, 0.5) is 0 Å². The molecule has 0 aliphatic rings. The number of rotatable bonds is 2. The normalized spacial score (nSPS) is 11.4. The van der Waals surface area contributed by atoms with Crippen molar-refractivity contribution in [2.45, 2.75) is 6.42 Å². The van der Waals surface area contributed by atoms with Crippen LogP contribution in [0.5, 0.6) is 0 Å². The van der Waals surface area contributed by atoms with Crippen LogP contribution in [0.1, 0.15) is 5.56 Å². The van der Waals surface area contributed by atoms with Crippen LogP contribution < -0.4 is 5.73 Å². The van der Waals surface area contributed by atoms with Crippen LogP contribution in [-0.2, 0) is 13.5 Å². The van der Waals surface area contributed by atoms with E-state index < -0.39 is 0 Å². The summed E-state index contributed by atoms with van der Waals surface area (Å²) in [5.74, 6) is 0. The molecule has 2 N–H and O–H groups in total. The zero-order chi connectivity index (χ0) is 11.8. The first-order valence-corrected chi connectivity index (χ1v) is 5.82. The zero-order valence-corrected chi connectivity index (χ0v) is 9.85. The fourth-order valence-corrected chi connectivity index (χ4v) is 2.43. The van der Waals surface area contributed by atoms with Gasteiger partial charge in [-0.2, -0.15) is 0 Å². The highest BCUT2D eigenvalue weighted by Crippen LogP contribution is 2.27. The SMILES string of the molecule is Cn1c2ccncc2c2cc(CCN)ccc21. The maximum absolute atomic E-state index is 5.60. The molecular weight excluding hydrogens is 210 g/mol. The van der Waals surface area contributed by atoms with Crippen molar-refractivity contribution in [3.63, 3.8) is 0 Å². The number of aryl methyl sites for hydroxylation is 1. The van der Waals surface area contributed by atoms with Crippen LogP contribution in [0.3, 0.4) is 0 Å². The molecule has 3 aromatic rings. The minimum atomic E-state index is 0.689. The Morgan fingerprint density at radius 2 is 2.00 bits per heavy atom. The van der Waals surface area contributed by atoms with Gasteiger partial charge in [0.2, 0.25) is 0 Å². The van der Waals surface area contributed by atoms with E-state index in [0.29, 0.717) is 6.54 Å². The third-order valence-electron chi connectivity index (χ3n) is 3.30. The van der Waals surface area contributed by atoms with Crippen molar-refractivity contribution in [1.29, 1.82) is 0 Å². The van der Waals surface area contributed by atoms with E-state index >= 15 is 0 Å². The second-order valence-electron chi connectivity index (χ2n) is 4.34. The van der Waals surface area contributed by atoms with Crippen LogP contribution >= 0.6 is 0 Å². The fraction of sp³-hybridized carbons (Fsp3) is 0.214. The van der Waals surface area contributed by atoms with Gasteiger partial charge in [-0.25, -0.2) is 0 Å². The van der Waals surface area contributed by atoms with Crippen LogP contribution in [0.2, 0.25) is 0 Å². The summed E-state index contributed by atoms with van der Waals surface area (Å²) in [5.41, 5.74) is 9.36. The zero-order valence-electron chi connectivity index (χ0n) is 9.85. The summed E-state index contributed by atoms with van der Waals surface area (Å²) in [5, 5.41) is 2.48. The van der Waals surface area contributed by atoms with Gasteiger partial charge in [0.15, 0.2) is 0 Å². The maximum atomic E-state index is 5.60. The van der Waals surface area contributed by atoms with Crippen molar-refractivity contribution in [3.8, 4) is 0 Å². The van der Waals surface area contributed by atoms with Gasteiger partial charge in [-0.05, 0) is 36.7 Å². The lowest BCUT2D eigenvalue weighted by atomic mass is 10.1. The molecule has 0 bridgehead atoms. The van der Waals surface area contributed by atoms with E-state index in [9.17, 15) is 0 Å². The van der Waals surface area contributed by atoms with E-state index in [1.54, 1.807) is 0 Å². The number of benzene rings is 1. The average Bonchev–Trinajstić information content (AvgIpc) is 2.65. The Balaban J connectivity index is 2.38. The van der Waals surface area contributed by atoms with E-state index in [2.05, 4.69) is 40.9 Å². The standard InChI is InChI=1S/C14H15N3/c1-17-13-3-2-10(4-6-15)8-11(13)12-9-16-7-5-14(12)17/h2-3,5,7-9H,4,6,15H2,1H3. The van der Waals surface area contributed by atoms with Crippen molar-refractivity contribution in [2.75, 3.05) is 6.54 Å². The molecule has 3 heteroatoms. The van der Waals surface area contributed by atoms with E-state index in [0.717, 1.165) is 6.42 Å². The Bertz CT molecular complexity index is 682. The van der Waals surface area contributed by atoms with Crippen LogP contribution in [-0.4, -0.2) is 16.1 Å².